The summed E-state index contributed by atoms with van der Waals surface area (Å²) in [7, 11) is 1.92. The second-order valence-corrected chi connectivity index (χ2v) is 5.60. The molecule has 1 aromatic rings. The lowest BCUT2D eigenvalue weighted by Crippen LogP contribution is -2.34. The Morgan fingerprint density at radius 1 is 1.32 bits per heavy atom. The lowest BCUT2D eigenvalue weighted by atomic mass is 10.2. The highest BCUT2D eigenvalue weighted by Gasteiger charge is 2.23. The van der Waals surface area contributed by atoms with Crippen LogP contribution in [0.1, 0.15) is 58.2 Å². The maximum absolute atomic E-state index is 4.77. The van der Waals surface area contributed by atoms with Gasteiger partial charge in [0, 0.05) is 31.6 Å². The summed E-state index contributed by atoms with van der Waals surface area (Å²) >= 11 is 0. The van der Waals surface area contributed by atoms with Gasteiger partial charge >= 0.3 is 0 Å². The van der Waals surface area contributed by atoms with E-state index in [9.17, 15) is 0 Å². The van der Waals surface area contributed by atoms with E-state index < -0.39 is 0 Å². The Labute approximate surface area is 116 Å². The molecule has 0 bridgehead atoms. The van der Waals surface area contributed by atoms with Gasteiger partial charge in [0.2, 0.25) is 0 Å². The third-order valence-electron chi connectivity index (χ3n) is 3.90. The fraction of sp³-hybridized carbons (Fsp3) is 0.733. The molecule has 0 unspecified atom stereocenters. The normalized spacial score (nSPS) is 16.1. The standard InChI is InChI=1S/C15H26N4/c1-5-19(12-8-6-7-9-12)14-10-13(16-4)17-15(18-14)11(2)3/h10-12H,5-9H2,1-4H3,(H,16,17,18). The van der Waals surface area contributed by atoms with Gasteiger partial charge in [0.15, 0.2) is 0 Å². The molecule has 1 heterocycles. The lowest BCUT2D eigenvalue weighted by molar-refractivity contribution is 0.608. The van der Waals surface area contributed by atoms with Crippen molar-refractivity contribution < 1.29 is 0 Å². The molecule has 1 fully saturated rings. The minimum atomic E-state index is 0.356. The van der Waals surface area contributed by atoms with Crippen molar-refractivity contribution >= 4 is 11.6 Å². The van der Waals surface area contributed by atoms with Crippen LogP contribution in [0.5, 0.6) is 0 Å². The summed E-state index contributed by atoms with van der Waals surface area (Å²) in [5.41, 5.74) is 0. The number of hydrogen-bond donors (Lipinski definition) is 1. The molecule has 0 amide bonds. The van der Waals surface area contributed by atoms with Crippen LogP contribution in [0.2, 0.25) is 0 Å². The van der Waals surface area contributed by atoms with Gasteiger partial charge in [-0.25, -0.2) is 9.97 Å². The van der Waals surface area contributed by atoms with Crippen molar-refractivity contribution in [3.8, 4) is 0 Å². The topological polar surface area (TPSA) is 41.0 Å². The third-order valence-corrected chi connectivity index (χ3v) is 3.90. The van der Waals surface area contributed by atoms with E-state index in [1.165, 1.54) is 25.7 Å². The van der Waals surface area contributed by atoms with Gasteiger partial charge in [0.25, 0.3) is 0 Å². The van der Waals surface area contributed by atoms with Crippen molar-refractivity contribution in [3.63, 3.8) is 0 Å². The van der Waals surface area contributed by atoms with Crippen molar-refractivity contribution in [1.29, 1.82) is 0 Å². The minimum absolute atomic E-state index is 0.356. The number of nitrogens with one attached hydrogen (secondary N) is 1. The van der Waals surface area contributed by atoms with Gasteiger partial charge in [-0.3, -0.25) is 0 Å². The van der Waals surface area contributed by atoms with E-state index in [1.54, 1.807) is 0 Å². The zero-order chi connectivity index (χ0) is 13.8. The first-order chi connectivity index (χ1) is 9.15. The highest BCUT2D eigenvalue weighted by atomic mass is 15.2. The Hall–Kier alpha value is -1.32. The zero-order valence-corrected chi connectivity index (χ0v) is 12.6. The molecular formula is C15H26N4. The van der Waals surface area contributed by atoms with E-state index >= 15 is 0 Å². The quantitative estimate of drug-likeness (QED) is 0.883. The number of nitrogens with zero attached hydrogens (tertiary/aromatic N) is 3. The SMILES string of the molecule is CCN(c1cc(NC)nc(C(C)C)n1)C1CCCC1. The van der Waals surface area contributed by atoms with E-state index in [2.05, 4.69) is 42.0 Å². The summed E-state index contributed by atoms with van der Waals surface area (Å²) < 4.78 is 0. The van der Waals surface area contributed by atoms with Crippen LogP contribution < -0.4 is 10.2 Å². The van der Waals surface area contributed by atoms with Crippen molar-refractivity contribution in [2.45, 2.75) is 58.4 Å². The number of anilines is 2. The van der Waals surface area contributed by atoms with E-state index in [1.807, 2.05) is 7.05 Å². The maximum Gasteiger partial charge on any atom is 0.135 e. The molecule has 1 N–H and O–H groups in total. The Morgan fingerprint density at radius 3 is 2.53 bits per heavy atom. The van der Waals surface area contributed by atoms with Gasteiger partial charge in [-0.2, -0.15) is 0 Å². The van der Waals surface area contributed by atoms with E-state index in [0.717, 1.165) is 24.0 Å². The van der Waals surface area contributed by atoms with Crippen LogP contribution in [0.25, 0.3) is 0 Å². The molecule has 1 aliphatic rings. The molecule has 0 radical (unpaired) electrons. The Balaban J connectivity index is 2.32. The maximum atomic E-state index is 4.77. The zero-order valence-electron chi connectivity index (χ0n) is 12.6. The summed E-state index contributed by atoms with van der Waals surface area (Å²) in [5.74, 6) is 3.29. The van der Waals surface area contributed by atoms with Crippen molar-refractivity contribution in [1.82, 2.24) is 9.97 Å². The largest absolute Gasteiger partial charge is 0.373 e. The summed E-state index contributed by atoms with van der Waals surface area (Å²) in [6.45, 7) is 7.52. The van der Waals surface area contributed by atoms with Crippen LogP contribution >= 0.6 is 0 Å². The van der Waals surface area contributed by atoms with Gasteiger partial charge in [-0.15, -0.1) is 0 Å². The van der Waals surface area contributed by atoms with Gasteiger partial charge in [0.05, 0.1) is 0 Å². The predicted molar refractivity (Wildman–Crippen MR) is 80.9 cm³/mol. The van der Waals surface area contributed by atoms with Crippen LogP contribution in [0.4, 0.5) is 11.6 Å². The highest BCUT2D eigenvalue weighted by Crippen LogP contribution is 2.28. The van der Waals surface area contributed by atoms with Crippen LogP contribution in [-0.4, -0.2) is 29.6 Å². The van der Waals surface area contributed by atoms with Gasteiger partial charge in [-0.05, 0) is 19.8 Å². The third kappa shape index (κ3) is 3.17. The average Bonchev–Trinajstić information content (AvgIpc) is 2.93. The molecule has 1 aromatic heterocycles. The number of rotatable bonds is 5. The number of hydrogen-bond acceptors (Lipinski definition) is 4. The van der Waals surface area contributed by atoms with E-state index in [0.29, 0.717) is 12.0 Å². The van der Waals surface area contributed by atoms with Gasteiger partial charge in [-0.1, -0.05) is 26.7 Å². The lowest BCUT2D eigenvalue weighted by Gasteiger charge is -2.29. The fourth-order valence-corrected chi connectivity index (χ4v) is 2.81. The summed E-state index contributed by atoms with van der Waals surface area (Å²) in [4.78, 5) is 11.8. The monoisotopic (exact) mass is 262 g/mol. The van der Waals surface area contributed by atoms with Crippen molar-refractivity contribution in [3.05, 3.63) is 11.9 Å². The van der Waals surface area contributed by atoms with Crippen molar-refractivity contribution in [2.24, 2.45) is 0 Å². The first-order valence-corrected chi connectivity index (χ1v) is 7.49. The molecule has 1 aliphatic carbocycles. The summed E-state index contributed by atoms with van der Waals surface area (Å²) in [6, 6.07) is 2.73. The molecule has 1 saturated carbocycles. The molecule has 0 spiro atoms. The molecule has 0 aromatic carbocycles. The summed E-state index contributed by atoms with van der Waals surface area (Å²) in [6.07, 6.45) is 5.29. The number of aromatic nitrogens is 2. The van der Waals surface area contributed by atoms with Crippen LogP contribution in [-0.2, 0) is 0 Å². The average molecular weight is 262 g/mol. The van der Waals surface area contributed by atoms with Gasteiger partial charge < -0.3 is 10.2 Å². The molecule has 4 nitrogen and oxygen atoms in total. The molecular weight excluding hydrogens is 236 g/mol. The first-order valence-electron chi connectivity index (χ1n) is 7.49. The molecule has 19 heavy (non-hydrogen) atoms. The summed E-state index contributed by atoms with van der Waals surface area (Å²) in [5, 5.41) is 3.15. The minimum Gasteiger partial charge on any atom is -0.373 e. The van der Waals surface area contributed by atoms with Crippen LogP contribution in [0.15, 0.2) is 6.07 Å². The Bertz CT molecular complexity index is 411. The highest BCUT2D eigenvalue weighted by molar-refractivity contribution is 5.50. The molecule has 4 heteroatoms. The molecule has 106 valence electrons. The second kappa shape index (κ2) is 6.22. The van der Waals surface area contributed by atoms with E-state index in [-0.39, 0.29) is 0 Å². The first kappa shape index (κ1) is 14.1. The molecule has 0 atom stereocenters. The van der Waals surface area contributed by atoms with Crippen LogP contribution in [0.3, 0.4) is 0 Å². The smallest absolute Gasteiger partial charge is 0.135 e. The van der Waals surface area contributed by atoms with Gasteiger partial charge in [0.1, 0.15) is 17.5 Å². The molecule has 0 saturated heterocycles. The van der Waals surface area contributed by atoms with E-state index in [4.69, 9.17) is 4.98 Å². The fourth-order valence-electron chi connectivity index (χ4n) is 2.81. The Morgan fingerprint density at radius 2 is 2.00 bits per heavy atom. The molecule has 2 rings (SSSR count). The molecule has 0 aliphatic heterocycles. The second-order valence-electron chi connectivity index (χ2n) is 5.60. The predicted octanol–water partition coefficient (Wildman–Crippen LogP) is 3.41. The van der Waals surface area contributed by atoms with Crippen LogP contribution in [0, 0.1) is 0 Å². The Kier molecular flexibility index (Phi) is 4.61. The van der Waals surface area contributed by atoms with Crippen molar-refractivity contribution in [2.75, 3.05) is 23.8 Å².